The van der Waals surface area contributed by atoms with Crippen LogP contribution in [0, 0.1) is 5.92 Å². The number of ether oxygens (including phenoxy) is 1. The molecular weight excluding hydrogens is 170 g/mol. The van der Waals surface area contributed by atoms with Crippen LogP contribution in [-0.4, -0.2) is 35.9 Å². The Morgan fingerprint density at radius 3 is 2.67 bits per heavy atom. The summed E-state index contributed by atoms with van der Waals surface area (Å²) in [6.07, 6.45) is 2.55. The molecule has 12 heavy (non-hydrogen) atoms. The van der Waals surface area contributed by atoms with E-state index < -0.39 is 0 Å². The van der Waals surface area contributed by atoms with E-state index in [0.717, 1.165) is 13.2 Å². The van der Waals surface area contributed by atoms with Gasteiger partial charge >= 0.3 is 0 Å². The van der Waals surface area contributed by atoms with Crippen molar-refractivity contribution in [2.24, 2.45) is 5.92 Å². The minimum Gasteiger partial charge on any atom is -0.375 e. The van der Waals surface area contributed by atoms with Crippen molar-refractivity contribution < 1.29 is 4.74 Å². The third-order valence-corrected chi connectivity index (χ3v) is 3.43. The molecule has 72 valence electrons. The van der Waals surface area contributed by atoms with Crippen LogP contribution in [-0.2, 0) is 4.74 Å². The zero-order valence-corrected chi connectivity index (χ0v) is 9.23. The van der Waals surface area contributed by atoms with Gasteiger partial charge in [0.1, 0.15) is 0 Å². The Morgan fingerprint density at radius 2 is 2.17 bits per heavy atom. The minimum absolute atomic E-state index is 0.409. The van der Waals surface area contributed by atoms with E-state index in [0.29, 0.717) is 18.1 Å². The Morgan fingerprint density at radius 1 is 1.50 bits per heavy atom. The number of nitrogens with zero attached hydrogens (tertiary/aromatic N) is 1. The van der Waals surface area contributed by atoms with E-state index in [1.54, 1.807) is 0 Å². The van der Waals surface area contributed by atoms with E-state index in [1.807, 2.05) is 11.9 Å². The maximum absolute atomic E-state index is 5.73. The fourth-order valence-electron chi connectivity index (χ4n) is 1.79. The zero-order chi connectivity index (χ0) is 9.14. The van der Waals surface area contributed by atoms with Gasteiger partial charge in [0.05, 0.1) is 12.7 Å². The van der Waals surface area contributed by atoms with Crippen molar-refractivity contribution >= 4 is 11.9 Å². The van der Waals surface area contributed by atoms with Crippen LogP contribution in [0.25, 0.3) is 0 Å². The van der Waals surface area contributed by atoms with Crippen LogP contribution in [0.1, 0.15) is 20.8 Å². The van der Waals surface area contributed by atoms with Gasteiger partial charge in [-0.3, -0.25) is 0 Å². The lowest BCUT2D eigenvalue weighted by molar-refractivity contribution is -0.0547. The largest absolute Gasteiger partial charge is 0.375 e. The van der Waals surface area contributed by atoms with Gasteiger partial charge in [-0.05, 0) is 19.1 Å². The van der Waals surface area contributed by atoms with Gasteiger partial charge in [0.15, 0.2) is 0 Å². The summed E-state index contributed by atoms with van der Waals surface area (Å²) < 4.78 is 8.14. The molecule has 2 unspecified atom stereocenters. The summed E-state index contributed by atoms with van der Waals surface area (Å²) in [5, 5.41) is 0. The first-order valence-corrected chi connectivity index (χ1v) is 5.77. The van der Waals surface area contributed by atoms with Gasteiger partial charge in [0.2, 0.25) is 0 Å². The molecule has 2 nitrogen and oxygen atoms in total. The third-order valence-electron chi connectivity index (χ3n) is 2.44. The van der Waals surface area contributed by atoms with Crippen LogP contribution in [0.3, 0.4) is 0 Å². The molecule has 2 atom stereocenters. The highest BCUT2D eigenvalue weighted by Gasteiger charge is 2.30. The number of morpholine rings is 1. The minimum atomic E-state index is 0.409. The molecule has 0 saturated carbocycles. The van der Waals surface area contributed by atoms with Crippen LogP contribution >= 0.6 is 11.9 Å². The molecule has 0 spiro atoms. The molecule has 0 radical (unpaired) electrons. The number of rotatable bonds is 2. The maximum atomic E-state index is 5.73. The predicted octanol–water partition coefficient (Wildman–Crippen LogP) is 2.01. The first-order valence-electron chi connectivity index (χ1n) is 4.59. The van der Waals surface area contributed by atoms with Crippen LogP contribution in [0.5, 0.6) is 0 Å². The highest BCUT2D eigenvalue weighted by molar-refractivity contribution is 7.96. The van der Waals surface area contributed by atoms with E-state index in [4.69, 9.17) is 4.74 Å². The lowest BCUT2D eigenvalue weighted by Crippen LogP contribution is -2.48. The van der Waals surface area contributed by atoms with Crippen molar-refractivity contribution in [2.75, 3.05) is 19.4 Å². The molecule has 1 fully saturated rings. The summed E-state index contributed by atoms with van der Waals surface area (Å²) in [6.45, 7) is 8.65. The van der Waals surface area contributed by atoms with E-state index in [-0.39, 0.29) is 0 Å². The molecule has 1 rings (SSSR count). The standard InChI is InChI=1S/C9H19NOS/c1-7(2)9-8(3)10(12-4)5-6-11-9/h7-9H,5-6H2,1-4H3. The molecule has 1 saturated heterocycles. The second kappa shape index (κ2) is 4.49. The predicted molar refractivity (Wildman–Crippen MR) is 54.3 cm³/mol. The van der Waals surface area contributed by atoms with Crippen LogP contribution in [0.2, 0.25) is 0 Å². The van der Waals surface area contributed by atoms with E-state index in [2.05, 4.69) is 31.3 Å². The maximum Gasteiger partial charge on any atom is 0.0760 e. The lowest BCUT2D eigenvalue weighted by atomic mass is 10.00. The molecule has 0 N–H and O–H groups in total. The van der Waals surface area contributed by atoms with Crippen LogP contribution in [0.15, 0.2) is 0 Å². The van der Waals surface area contributed by atoms with Gasteiger partial charge in [-0.25, -0.2) is 4.31 Å². The molecule has 1 heterocycles. The van der Waals surface area contributed by atoms with E-state index in [1.165, 1.54) is 0 Å². The topological polar surface area (TPSA) is 12.5 Å². The average Bonchev–Trinajstić information content (AvgIpc) is 2.04. The van der Waals surface area contributed by atoms with Gasteiger partial charge in [0.25, 0.3) is 0 Å². The molecular formula is C9H19NOS. The summed E-state index contributed by atoms with van der Waals surface area (Å²) in [4.78, 5) is 0. The molecule has 1 aliphatic heterocycles. The van der Waals surface area contributed by atoms with Gasteiger partial charge in [-0.2, -0.15) is 0 Å². The second-order valence-electron chi connectivity index (χ2n) is 3.64. The Kier molecular flexibility index (Phi) is 3.87. The first-order chi connectivity index (χ1) is 5.66. The van der Waals surface area contributed by atoms with E-state index in [9.17, 15) is 0 Å². The fraction of sp³-hybridized carbons (Fsp3) is 1.00. The van der Waals surface area contributed by atoms with Crippen molar-refractivity contribution in [3.8, 4) is 0 Å². The molecule has 0 aromatic carbocycles. The Balaban J connectivity index is 2.53. The zero-order valence-electron chi connectivity index (χ0n) is 8.41. The smallest absolute Gasteiger partial charge is 0.0760 e. The van der Waals surface area contributed by atoms with Gasteiger partial charge < -0.3 is 4.74 Å². The highest BCUT2D eigenvalue weighted by atomic mass is 32.2. The van der Waals surface area contributed by atoms with Crippen molar-refractivity contribution in [1.29, 1.82) is 0 Å². The summed E-state index contributed by atoms with van der Waals surface area (Å²) in [5.74, 6) is 0.620. The first kappa shape index (κ1) is 10.4. The SMILES string of the molecule is CSN1CCOC(C(C)C)C1C. The second-order valence-corrected chi connectivity index (χ2v) is 4.48. The van der Waals surface area contributed by atoms with Crippen molar-refractivity contribution in [3.63, 3.8) is 0 Å². The third kappa shape index (κ3) is 2.15. The molecule has 0 bridgehead atoms. The van der Waals surface area contributed by atoms with Gasteiger partial charge in [-0.1, -0.05) is 25.8 Å². The molecule has 0 aliphatic carbocycles. The summed E-state index contributed by atoms with van der Waals surface area (Å²) >= 11 is 1.83. The van der Waals surface area contributed by atoms with Gasteiger partial charge in [-0.15, -0.1) is 0 Å². The van der Waals surface area contributed by atoms with Crippen molar-refractivity contribution in [1.82, 2.24) is 4.31 Å². The highest BCUT2D eigenvalue weighted by Crippen LogP contribution is 2.24. The number of hydrogen-bond acceptors (Lipinski definition) is 3. The molecule has 1 aliphatic rings. The average molecular weight is 189 g/mol. The van der Waals surface area contributed by atoms with Gasteiger partial charge in [0, 0.05) is 12.6 Å². The van der Waals surface area contributed by atoms with Crippen LogP contribution < -0.4 is 0 Å². The fourth-order valence-corrected chi connectivity index (χ4v) is 2.50. The van der Waals surface area contributed by atoms with Crippen molar-refractivity contribution in [3.05, 3.63) is 0 Å². The number of hydrogen-bond donors (Lipinski definition) is 0. The summed E-state index contributed by atoms with van der Waals surface area (Å²) in [5.41, 5.74) is 0. The molecule has 0 amide bonds. The Hall–Kier alpha value is 0.270. The monoisotopic (exact) mass is 189 g/mol. The normalized spacial score (nSPS) is 32.8. The summed E-state index contributed by atoms with van der Waals surface area (Å²) in [7, 11) is 0. The summed E-state index contributed by atoms with van der Waals surface area (Å²) in [6, 6.07) is 0.550. The Labute approximate surface area is 79.8 Å². The van der Waals surface area contributed by atoms with E-state index >= 15 is 0 Å². The molecule has 0 aromatic heterocycles. The van der Waals surface area contributed by atoms with Crippen molar-refractivity contribution in [2.45, 2.75) is 32.9 Å². The quantitative estimate of drug-likeness (QED) is 0.617. The lowest BCUT2D eigenvalue weighted by Gasteiger charge is -2.39. The molecule has 0 aromatic rings. The molecule has 3 heteroatoms. The van der Waals surface area contributed by atoms with Crippen LogP contribution in [0.4, 0.5) is 0 Å². The Bertz CT molecular complexity index is 140.